The number of aryl methyl sites for hydroxylation is 2. The molecule has 0 radical (unpaired) electrons. The van der Waals surface area contributed by atoms with E-state index < -0.39 is 0 Å². The number of carbonyl (C=O) groups is 1. The van der Waals surface area contributed by atoms with Crippen LogP contribution < -0.4 is 0 Å². The monoisotopic (exact) mass is 327 g/mol. The van der Waals surface area contributed by atoms with E-state index in [0.717, 1.165) is 44.6 Å². The van der Waals surface area contributed by atoms with Gasteiger partial charge in [-0.05, 0) is 30.7 Å². The Morgan fingerprint density at radius 2 is 2.29 bits per heavy atom. The Hall–Kier alpha value is -2.11. The van der Waals surface area contributed by atoms with E-state index in [1.807, 2.05) is 30.3 Å². The molecular weight excluding hydrogens is 302 g/mol. The number of piperidine rings is 1. The third kappa shape index (κ3) is 2.74. The first kappa shape index (κ1) is 15.4. The summed E-state index contributed by atoms with van der Waals surface area (Å²) in [5.74, 6) is 1.97. The molecule has 2 aliphatic rings. The number of carbonyl (C=O) groups excluding carboxylic acids is 1. The fourth-order valence-corrected chi connectivity index (χ4v) is 4.03. The third-order valence-corrected chi connectivity index (χ3v) is 5.43. The standard InChI is InChI=1S/C18H25N5O/c1-3-17-19-6-8-23(17)14-5-4-7-22(12-14)18(24)16-9-15(16)13-10-20-21(2)11-13/h6,8,10-11,14-16H,3-5,7,9,12H2,1-2H3/t14-,15+,16+/m1/s1. The average molecular weight is 327 g/mol. The molecule has 6 nitrogen and oxygen atoms in total. The van der Waals surface area contributed by atoms with Crippen LogP contribution in [0.25, 0.3) is 0 Å². The van der Waals surface area contributed by atoms with Crippen molar-refractivity contribution in [2.24, 2.45) is 13.0 Å². The zero-order valence-electron chi connectivity index (χ0n) is 14.4. The van der Waals surface area contributed by atoms with Crippen molar-refractivity contribution in [1.29, 1.82) is 0 Å². The topological polar surface area (TPSA) is 56.0 Å². The number of hydrogen-bond acceptors (Lipinski definition) is 3. The van der Waals surface area contributed by atoms with Gasteiger partial charge in [0, 0.05) is 51.1 Å². The van der Waals surface area contributed by atoms with Crippen molar-refractivity contribution in [2.75, 3.05) is 13.1 Å². The highest BCUT2D eigenvalue weighted by Crippen LogP contribution is 2.48. The second-order valence-corrected chi connectivity index (χ2v) is 7.08. The molecule has 1 saturated carbocycles. The molecule has 2 aromatic heterocycles. The van der Waals surface area contributed by atoms with Crippen LogP contribution in [0.2, 0.25) is 0 Å². The van der Waals surface area contributed by atoms with Crippen LogP contribution in [-0.4, -0.2) is 43.2 Å². The SMILES string of the molecule is CCc1nccn1[C@@H]1CCCN(C(=O)[C@H]2C[C@H]2c2cnn(C)c2)C1. The molecule has 1 amide bonds. The first-order chi connectivity index (χ1) is 11.7. The average Bonchev–Trinajstić information content (AvgIpc) is 3.04. The first-order valence-electron chi connectivity index (χ1n) is 8.96. The summed E-state index contributed by atoms with van der Waals surface area (Å²) in [4.78, 5) is 19.4. The van der Waals surface area contributed by atoms with Gasteiger partial charge in [0.1, 0.15) is 5.82 Å². The summed E-state index contributed by atoms with van der Waals surface area (Å²) in [6.07, 6.45) is 12.0. The van der Waals surface area contributed by atoms with Crippen LogP contribution in [0.4, 0.5) is 0 Å². The van der Waals surface area contributed by atoms with E-state index in [-0.39, 0.29) is 5.92 Å². The van der Waals surface area contributed by atoms with Crippen LogP contribution in [0.15, 0.2) is 24.8 Å². The van der Waals surface area contributed by atoms with Crippen LogP contribution in [0, 0.1) is 5.92 Å². The second kappa shape index (κ2) is 6.07. The summed E-state index contributed by atoms with van der Waals surface area (Å²) in [7, 11) is 1.92. The molecule has 128 valence electrons. The Morgan fingerprint density at radius 1 is 1.42 bits per heavy atom. The Bertz CT molecular complexity index is 733. The summed E-state index contributed by atoms with van der Waals surface area (Å²) < 4.78 is 4.09. The predicted octanol–water partition coefficient (Wildman–Crippen LogP) is 2.15. The molecule has 1 aliphatic carbocycles. The number of hydrogen-bond donors (Lipinski definition) is 0. The van der Waals surface area contributed by atoms with Crippen LogP contribution in [-0.2, 0) is 18.3 Å². The summed E-state index contributed by atoms with van der Waals surface area (Å²) in [5.41, 5.74) is 1.20. The number of rotatable bonds is 4. The molecule has 0 unspecified atom stereocenters. The Kier molecular flexibility index (Phi) is 3.90. The fourth-order valence-electron chi connectivity index (χ4n) is 4.03. The van der Waals surface area contributed by atoms with Gasteiger partial charge in [-0.3, -0.25) is 9.48 Å². The summed E-state index contributed by atoms with van der Waals surface area (Å²) >= 11 is 0. The Balaban J connectivity index is 1.42. The molecule has 0 aromatic carbocycles. The molecule has 3 heterocycles. The van der Waals surface area contributed by atoms with E-state index in [1.165, 1.54) is 5.56 Å². The molecule has 2 aromatic rings. The molecule has 24 heavy (non-hydrogen) atoms. The normalized spacial score (nSPS) is 26.6. The zero-order valence-corrected chi connectivity index (χ0v) is 14.4. The molecule has 2 fully saturated rings. The van der Waals surface area contributed by atoms with Crippen molar-refractivity contribution in [3.63, 3.8) is 0 Å². The molecular formula is C18H25N5O. The van der Waals surface area contributed by atoms with E-state index >= 15 is 0 Å². The largest absolute Gasteiger partial charge is 0.340 e. The van der Waals surface area contributed by atoms with Gasteiger partial charge in [-0.1, -0.05) is 6.92 Å². The summed E-state index contributed by atoms with van der Waals surface area (Å²) in [6, 6.07) is 0.371. The van der Waals surface area contributed by atoms with Gasteiger partial charge < -0.3 is 9.47 Å². The van der Waals surface area contributed by atoms with Gasteiger partial charge in [0.05, 0.1) is 12.2 Å². The highest BCUT2D eigenvalue weighted by Gasteiger charge is 2.47. The number of nitrogens with zero attached hydrogens (tertiary/aromatic N) is 5. The van der Waals surface area contributed by atoms with E-state index in [4.69, 9.17) is 0 Å². The van der Waals surface area contributed by atoms with Crippen molar-refractivity contribution in [3.8, 4) is 0 Å². The summed E-state index contributed by atoms with van der Waals surface area (Å²) in [6.45, 7) is 3.84. The van der Waals surface area contributed by atoms with Crippen LogP contribution in [0.3, 0.4) is 0 Å². The quantitative estimate of drug-likeness (QED) is 0.864. The van der Waals surface area contributed by atoms with Crippen LogP contribution >= 0.6 is 0 Å². The van der Waals surface area contributed by atoms with Crippen LogP contribution in [0.5, 0.6) is 0 Å². The Labute approximate surface area is 142 Å². The van der Waals surface area contributed by atoms with E-state index in [1.54, 1.807) is 0 Å². The van der Waals surface area contributed by atoms with Gasteiger partial charge in [-0.2, -0.15) is 5.10 Å². The Morgan fingerprint density at radius 3 is 3.04 bits per heavy atom. The fraction of sp³-hybridized carbons (Fsp3) is 0.611. The van der Waals surface area contributed by atoms with Gasteiger partial charge in [0.15, 0.2) is 0 Å². The molecule has 3 atom stereocenters. The highest BCUT2D eigenvalue weighted by atomic mass is 16.2. The zero-order chi connectivity index (χ0) is 16.7. The molecule has 1 saturated heterocycles. The maximum atomic E-state index is 12.9. The number of imidazole rings is 1. The van der Waals surface area contributed by atoms with Gasteiger partial charge in [-0.15, -0.1) is 0 Å². The maximum Gasteiger partial charge on any atom is 0.226 e. The van der Waals surface area contributed by atoms with Crippen molar-refractivity contribution in [3.05, 3.63) is 36.2 Å². The number of amides is 1. The second-order valence-electron chi connectivity index (χ2n) is 7.08. The van der Waals surface area contributed by atoms with Gasteiger partial charge in [0.25, 0.3) is 0 Å². The first-order valence-corrected chi connectivity index (χ1v) is 8.96. The highest BCUT2D eigenvalue weighted by molar-refractivity contribution is 5.83. The van der Waals surface area contributed by atoms with E-state index in [2.05, 4.69) is 32.7 Å². The minimum atomic E-state index is 0.154. The third-order valence-electron chi connectivity index (χ3n) is 5.43. The van der Waals surface area contributed by atoms with E-state index in [9.17, 15) is 4.79 Å². The van der Waals surface area contributed by atoms with Crippen molar-refractivity contribution in [2.45, 2.75) is 44.6 Å². The van der Waals surface area contributed by atoms with Gasteiger partial charge >= 0.3 is 0 Å². The lowest BCUT2D eigenvalue weighted by molar-refractivity contribution is -0.134. The van der Waals surface area contributed by atoms with Gasteiger partial charge in [-0.25, -0.2) is 4.98 Å². The molecule has 1 aliphatic heterocycles. The van der Waals surface area contributed by atoms with Crippen LogP contribution in [0.1, 0.15) is 49.5 Å². The molecule has 0 bridgehead atoms. The number of likely N-dealkylation sites (tertiary alicyclic amines) is 1. The molecule has 0 N–H and O–H groups in total. The van der Waals surface area contributed by atoms with Crippen molar-refractivity contribution in [1.82, 2.24) is 24.2 Å². The van der Waals surface area contributed by atoms with Crippen molar-refractivity contribution < 1.29 is 4.79 Å². The lowest BCUT2D eigenvalue weighted by Crippen LogP contribution is -2.41. The summed E-state index contributed by atoms with van der Waals surface area (Å²) in [5, 5.41) is 4.23. The lowest BCUT2D eigenvalue weighted by Gasteiger charge is -2.34. The van der Waals surface area contributed by atoms with Crippen molar-refractivity contribution >= 4 is 5.91 Å². The van der Waals surface area contributed by atoms with Gasteiger partial charge in [0.2, 0.25) is 5.91 Å². The maximum absolute atomic E-state index is 12.9. The lowest BCUT2D eigenvalue weighted by atomic mass is 10.0. The predicted molar refractivity (Wildman–Crippen MR) is 90.5 cm³/mol. The smallest absolute Gasteiger partial charge is 0.226 e. The molecule has 0 spiro atoms. The minimum absolute atomic E-state index is 0.154. The minimum Gasteiger partial charge on any atom is -0.340 e. The number of aromatic nitrogens is 4. The van der Waals surface area contributed by atoms with E-state index in [0.29, 0.717) is 17.9 Å². The molecule has 6 heteroatoms. The molecule has 4 rings (SSSR count).